The van der Waals surface area contributed by atoms with Crippen LogP contribution in [0, 0.1) is 13.8 Å². The molecular weight excluding hydrogens is 342 g/mol. The van der Waals surface area contributed by atoms with Crippen molar-refractivity contribution in [3.05, 3.63) is 46.8 Å². The van der Waals surface area contributed by atoms with Crippen LogP contribution in [0.4, 0.5) is 0 Å². The fourth-order valence-corrected chi connectivity index (χ4v) is 4.74. The molecule has 0 spiro atoms. The second kappa shape index (κ2) is 6.61. The Morgan fingerprint density at radius 3 is 2.72 bits per heavy atom. The summed E-state index contributed by atoms with van der Waals surface area (Å²) in [6, 6.07) is 6.95. The van der Waals surface area contributed by atoms with E-state index in [-0.39, 0.29) is 28.3 Å². The highest BCUT2D eigenvalue weighted by atomic mass is 32.2. The Labute approximate surface area is 146 Å². The Kier molecular flexibility index (Phi) is 4.66. The smallest absolute Gasteiger partial charge is 0.246 e. The average Bonchev–Trinajstić information content (AvgIpc) is 3.11. The fraction of sp³-hybridized carbons (Fsp3) is 0.412. The molecule has 0 fully saturated rings. The zero-order chi connectivity index (χ0) is 18.2. The van der Waals surface area contributed by atoms with Gasteiger partial charge in [-0.05, 0) is 44.7 Å². The van der Waals surface area contributed by atoms with E-state index in [9.17, 15) is 13.2 Å². The van der Waals surface area contributed by atoms with Gasteiger partial charge in [0.05, 0.1) is 12.1 Å². The van der Waals surface area contributed by atoms with E-state index < -0.39 is 16.1 Å². The molecule has 2 aromatic rings. The molecule has 0 saturated heterocycles. The highest BCUT2D eigenvalue weighted by Gasteiger charge is 2.30. The number of carbonyl (C=O) groups excluding carboxylic acids is 1. The van der Waals surface area contributed by atoms with Gasteiger partial charge in [-0.2, -0.15) is 4.72 Å². The van der Waals surface area contributed by atoms with Crippen LogP contribution in [-0.2, 0) is 21.2 Å². The molecule has 1 aromatic heterocycles. The molecule has 8 heteroatoms. The molecule has 1 amide bonds. The van der Waals surface area contributed by atoms with Crippen molar-refractivity contribution in [3.63, 3.8) is 0 Å². The Morgan fingerprint density at radius 1 is 1.32 bits per heavy atom. The number of fused-ring (bicyclic) bond motifs is 1. The summed E-state index contributed by atoms with van der Waals surface area (Å²) in [5.41, 5.74) is 2.58. The van der Waals surface area contributed by atoms with Crippen LogP contribution in [0.2, 0.25) is 0 Å². The van der Waals surface area contributed by atoms with Crippen LogP contribution in [0.5, 0.6) is 0 Å². The van der Waals surface area contributed by atoms with Crippen LogP contribution >= 0.6 is 0 Å². The van der Waals surface area contributed by atoms with Gasteiger partial charge in [0.15, 0.2) is 5.76 Å². The van der Waals surface area contributed by atoms with Crippen molar-refractivity contribution in [3.8, 4) is 0 Å². The first-order chi connectivity index (χ1) is 11.8. The number of rotatable bonds is 5. The van der Waals surface area contributed by atoms with Gasteiger partial charge in [-0.15, -0.1) is 0 Å². The van der Waals surface area contributed by atoms with Gasteiger partial charge in [-0.25, -0.2) is 8.42 Å². The highest BCUT2D eigenvalue weighted by Crippen LogP contribution is 2.30. The van der Waals surface area contributed by atoms with E-state index in [2.05, 4.69) is 15.2 Å². The lowest BCUT2D eigenvalue weighted by molar-refractivity contribution is -0.123. The molecule has 25 heavy (non-hydrogen) atoms. The van der Waals surface area contributed by atoms with Gasteiger partial charge in [0.2, 0.25) is 15.9 Å². The molecule has 1 aliphatic carbocycles. The molecule has 1 aliphatic rings. The molecule has 134 valence electrons. The lowest BCUT2D eigenvalue weighted by Crippen LogP contribution is -2.45. The minimum absolute atomic E-state index is 0.0154. The lowest BCUT2D eigenvalue weighted by atomic mass is 10.1. The van der Waals surface area contributed by atoms with Gasteiger partial charge in [-0.3, -0.25) is 4.79 Å². The maximum absolute atomic E-state index is 12.5. The van der Waals surface area contributed by atoms with E-state index in [1.807, 2.05) is 24.3 Å². The number of nitrogens with one attached hydrogen (secondary N) is 2. The third-order valence-corrected chi connectivity index (χ3v) is 6.20. The number of benzene rings is 1. The van der Waals surface area contributed by atoms with Crippen LogP contribution in [0.3, 0.4) is 0 Å². The number of sulfonamides is 1. The molecule has 0 unspecified atom stereocenters. The molecule has 1 aromatic carbocycles. The van der Waals surface area contributed by atoms with Crippen LogP contribution in [-0.4, -0.2) is 25.5 Å². The summed E-state index contributed by atoms with van der Waals surface area (Å²) in [6.07, 6.45) is 1.72. The van der Waals surface area contributed by atoms with E-state index in [4.69, 9.17) is 4.52 Å². The first kappa shape index (κ1) is 17.6. The van der Waals surface area contributed by atoms with Crippen LogP contribution in [0.15, 0.2) is 33.7 Å². The van der Waals surface area contributed by atoms with Crippen molar-refractivity contribution in [2.45, 2.75) is 50.6 Å². The highest BCUT2D eigenvalue weighted by molar-refractivity contribution is 7.89. The molecule has 2 N–H and O–H groups in total. The molecule has 0 saturated carbocycles. The van der Waals surface area contributed by atoms with Crippen molar-refractivity contribution in [2.75, 3.05) is 0 Å². The molecule has 3 rings (SSSR count). The number of aromatic nitrogens is 1. The number of carbonyl (C=O) groups is 1. The number of hydrogen-bond acceptors (Lipinski definition) is 5. The van der Waals surface area contributed by atoms with Gasteiger partial charge in [0.25, 0.3) is 0 Å². The quantitative estimate of drug-likeness (QED) is 0.843. The predicted molar refractivity (Wildman–Crippen MR) is 91.4 cm³/mol. The van der Waals surface area contributed by atoms with E-state index in [1.165, 1.54) is 19.4 Å². The van der Waals surface area contributed by atoms with Crippen molar-refractivity contribution in [1.29, 1.82) is 0 Å². The number of amides is 1. The van der Waals surface area contributed by atoms with Gasteiger partial charge >= 0.3 is 0 Å². The normalized spacial score (nSPS) is 18.0. The first-order valence-corrected chi connectivity index (χ1v) is 9.61. The zero-order valence-electron chi connectivity index (χ0n) is 14.4. The third-order valence-electron chi connectivity index (χ3n) is 4.41. The summed E-state index contributed by atoms with van der Waals surface area (Å²) >= 11 is 0. The summed E-state index contributed by atoms with van der Waals surface area (Å²) in [5, 5.41) is 6.58. The summed E-state index contributed by atoms with van der Waals surface area (Å²) in [7, 11) is -3.88. The minimum atomic E-state index is -3.88. The number of nitrogens with zero attached hydrogens (tertiary/aromatic N) is 1. The van der Waals surface area contributed by atoms with E-state index in [0.717, 1.165) is 18.4 Å². The minimum Gasteiger partial charge on any atom is -0.360 e. The maximum Gasteiger partial charge on any atom is 0.246 e. The maximum atomic E-state index is 12.5. The molecule has 0 bridgehead atoms. The Hall–Kier alpha value is -2.19. The van der Waals surface area contributed by atoms with Gasteiger partial charge in [-0.1, -0.05) is 29.4 Å². The van der Waals surface area contributed by atoms with Crippen LogP contribution in [0.1, 0.15) is 42.0 Å². The summed E-state index contributed by atoms with van der Waals surface area (Å²) in [4.78, 5) is 12.4. The third kappa shape index (κ3) is 3.45. The van der Waals surface area contributed by atoms with Crippen LogP contribution in [0.25, 0.3) is 0 Å². The first-order valence-electron chi connectivity index (χ1n) is 8.13. The van der Waals surface area contributed by atoms with Gasteiger partial charge in [0.1, 0.15) is 10.6 Å². The molecule has 7 nitrogen and oxygen atoms in total. The largest absolute Gasteiger partial charge is 0.360 e. The number of hydrogen-bond donors (Lipinski definition) is 2. The molecule has 0 radical (unpaired) electrons. The second-order valence-corrected chi connectivity index (χ2v) is 7.95. The number of aryl methyl sites for hydroxylation is 3. The van der Waals surface area contributed by atoms with Crippen LogP contribution < -0.4 is 10.0 Å². The van der Waals surface area contributed by atoms with Crippen molar-refractivity contribution in [1.82, 2.24) is 15.2 Å². The standard InChI is InChI=1S/C17H21N3O4S/c1-10-16(12(3)24-19-10)25(22,23)20-11(2)17(21)18-15-9-8-13-6-4-5-7-14(13)15/h4-7,11,15,20H,8-9H2,1-3H3,(H,18,21)/t11-,15-/m0/s1. The zero-order valence-corrected chi connectivity index (χ0v) is 15.2. The van der Waals surface area contributed by atoms with Crippen molar-refractivity contribution in [2.24, 2.45) is 0 Å². The van der Waals surface area contributed by atoms with E-state index in [1.54, 1.807) is 6.92 Å². The summed E-state index contributed by atoms with van der Waals surface area (Å²) in [5.74, 6) is -0.167. The summed E-state index contributed by atoms with van der Waals surface area (Å²) < 4.78 is 32.3. The van der Waals surface area contributed by atoms with E-state index >= 15 is 0 Å². The molecule has 0 aliphatic heterocycles. The Morgan fingerprint density at radius 2 is 2.04 bits per heavy atom. The Bertz CT molecular complexity index is 885. The summed E-state index contributed by atoms with van der Waals surface area (Å²) in [6.45, 7) is 4.59. The lowest BCUT2D eigenvalue weighted by Gasteiger charge is -2.18. The monoisotopic (exact) mass is 363 g/mol. The van der Waals surface area contributed by atoms with Crippen molar-refractivity contribution >= 4 is 15.9 Å². The van der Waals surface area contributed by atoms with Crippen molar-refractivity contribution < 1.29 is 17.7 Å². The predicted octanol–water partition coefficient (Wildman–Crippen LogP) is 1.76. The SMILES string of the molecule is Cc1noc(C)c1S(=O)(=O)N[C@@H](C)C(=O)N[C@H]1CCc2ccccc21. The topological polar surface area (TPSA) is 101 Å². The molecule has 1 heterocycles. The Balaban J connectivity index is 1.70. The molecule has 2 atom stereocenters. The van der Waals surface area contributed by atoms with Gasteiger partial charge in [0, 0.05) is 0 Å². The average molecular weight is 363 g/mol. The fourth-order valence-electron chi connectivity index (χ4n) is 3.21. The second-order valence-electron chi connectivity index (χ2n) is 6.29. The van der Waals surface area contributed by atoms with E-state index in [0.29, 0.717) is 0 Å². The van der Waals surface area contributed by atoms with Gasteiger partial charge < -0.3 is 9.84 Å². The molecular formula is C17H21N3O4S.